The zero-order valence-corrected chi connectivity index (χ0v) is 15.4. The molecule has 5 nitrogen and oxygen atoms in total. The van der Waals surface area contributed by atoms with Crippen LogP contribution in [0.4, 0.5) is 0 Å². The minimum absolute atomic E-state index is 0.0841. The normalized spacial score (nSPS) is 18.8. The molecule has 1 aliphatic rings. The molecule has 0 aromatic rings. The molecule has 0 heterocycles. The molecular weight excluding hydrogens is 320 g/mol. The Morgan fingerprint density at radius 2 is 1.72 bits per heavy atom. The largest absolute Gasteiger partial charge is 0.465 e. The summed E-state index contributed by atoms with van der Waals surface area (Å²) in [6.45, 7) is 5.07. The molecular formula is C20H28O5. The number of ketones is 1. The number of hydrogen-bond acceptors (Lipinski definition) is 5. The van der Waals surface area contributed by atoms with Crippen LogP contribution in [0.15, 0.2) is 12.2 Å². The Morgan fingerprint density at radius 1 is 1.08 bits per heavy atom. The highest BCUT2D eigenvalue weighted by atomic mass is 16.6. The van der Waals surface area contributed by atoms with E-state index in [-0.39, 0.29) is 31.3 Å². The molecule has 1 aliphatic carbocycles. The summed E-state index contributed by atoms with van der Waals surface area (Å²) in [5.41, 5.74) is -1.53. The van der Waals surface area contributed by atoms with Crippen molar-refractivity contribution in [1.82, 2.24) is 0 Å². The van der Waals surface area contributed by atoms with Gasteiger partial charge in [-0.15, -0.1) is 0 Å². The van der Waals surface area contributed by atoms with Crippen molar-refractivity contribution < 1.29 is 23.9 Å². The summed E-state index contributed by atoms with van der Waals surface area (Å²) in [4.78, 5) is 36.9. The predicted molar refractivity (Wildman–Crippen MR) is 94.5 cm³/mol. The van der Waals surface area contributed by atoms with Crippen LogP contribution in [0.3, 0.4) is 0 Å². The average molecular weight is 348 g/mol. The lowest BCUT2D eigenvalue weighted by Gasteiger charge is -2.34. The number of hydrogen-bond donors (Lipinski definition) is 0. The number of carbonyl (C=O) groups excluding carboxylic acids is 3. The molecule has 0 saturated heterocycles. The van der Waals surface area contributed by atoms with Gasteiger partial charge in [0, 0.05) is 19.3 Å². The van der Waals surface area contributed by atoms with Crippen molar-refractivity contribution >= 4 is 17.7 Å². The lowest BCUT2D eigenvalue weighted by Crippen LogP contribution is -2.47. The summed E-state index contributed by atoms with van der Waals surface area (Å²) in [7, 11) is 0. The Hall–Kier alpha value is -2.09. The van der Waals surface area contributed by atoms with Crippen LogP contribution in [0, 0.1) is 23.2 Å². The van der Waals surface area contributed by atoms with E-state index in [1.54, 1.807) is 13.8 Å². The fourth-order valence-electron chi connectivity index (χ4n) is 3.06. The van der Waals surface area contributed by atoms with Crippen LogP contribution in [-0.4, -0.2) is 30.9 Å². The second-order valence-electron chi connectivity index (χ2n) is 6.12. The quantitative estimate of drug-likeness (QED) is 0.242. The molecule has 0 radical (unpaired) electrons. The fourth-order valence-corrected chi connectivity index (χ4v) is 3.06. The van der Waals surface area contributed by atoms with E-state index < -0.39 is 17.4 Å². The Kier molecular flexibility index (Phi) is 8.98. The van der Waals surface area contributed by atoms with Crippen molar-refractivity contribution in [3.8, 4) is 11.8 Å². The van der Waals surface area contributed by atoms with Gasteiger partial charge in [0.2, 0.25) is 5.78 Å². The first-order valence-electron chi connectivity index (χ1n) is 8.99. The smallest absolute Gasteiger partial charge is 0.325 e. The maximum absolute atomic E-state index is 12.8. The second kappa shape index (κ2) is 10.7. The minimum Gasteiger partial charge on any atom is -0.465 e. The minimum atomic E-state index is -1.53. The van der Waals surface area contributed by atoms with Gasteiger partial charge in [0.05, 0.1) is 13.2 Å². The third-order valence-electron chi connectivity index (χ3n) is 4.30. The van der Waals surface area contributed by atoms with Crippen LogP contribution >= 0.6 is 0 Å². The highest BCUT2D eigenvalue weighted by Crippen LogP contribution is 2.40. The van der Waals surface area contributed by atoms with Gasteiger partial charge in [-0.3, -0.25) is 14.4 Å². The third kappa shape index (κ3) is 5.74. The van der Waals surface area contributed by atoms with Gasteiger partial charge in [0.1, 0.15) is 0 Å². The maximum Gasteiger partial charge on any atom is 0.325 e. The highest BCUT2D eigenvalue weighted by Gasteiger charge is 2.53. The molecule has 0 aromatic carbocycles. The predicted octanol–water partition coefficient (Wildman–Crippen LogP) is 3.22. The molecule has 0 N–H and O–H groups in total. The van der Waals surface area contributed by atoms with E-state index in [0.29, 0.717) is 6.42 Å². The second-order valence-corrected chi connectivity index (χ2v) is 6.12. The van der Waals surface area contributed by atoms with E-state index in [1.807, 2.05) is 12.2 Å². The van der Waals surface area contributed by atoms with Crippen LogP contribution in [0.5, 0.6) is 0 Å². The lowest BCUT2D eigenvalue weighted by atomic mass is 9.69. The Balaban J connectivity index is 3.37. The molecule has 0 aliphatic heterocycles. The summed E-state index contributed by atoms with van der Waals surface area (Å²) >= 11 is 0. The summed E-state index contributed by atoms with van der Waals surface area (Å²) in [6.07, 6.45) is 8.49. The first-order chi connectivity index (χ1) is 12.0. The lowest BCUT2D eigenvalue weighted by molar-refractivity contribution is -0.175. The van der Waals surface area contributed by atoms with Crippen molar-refractivity contribution in [2.24, 2.45) is 11.3 Å². The molecule has 25 heavy (non-hydrogen) atoms. The molecule has 0 aromatic heterocycles. The molecule has 0 fully saturated rings. The first-order valence-corrected chi connectivity index (χ1v) is 8.99. The van der Waals surface area contributed by atoms with Gasteiger partial charge >= 0.3 is 11.9 Å². The molecule has 5 heteroatoms. The van der Waals surface area contributed by atoms with E-state index in [1.165, 1.54) is 6.92 Å². The van der Waals surface area contributed by atoms with Crippen LogP contribution in [-0.2, 0) is 23.9 Å². The fraction of sp³-hybridized carbons (Fsp3) is 0.650. The van der Waals surface area contributed by atoms with E-state index >= 15 is 0 Å². The number of rotatable bonds is 6. The highest BCUT2D eigenvalue weighted by molar-refractivity contribution is 6.01. The van der Waals surface area contributed by atoms with E-state index in [0.717, 1.165) is 25.7 Å². The van der Waals surface area contributed by atoms with Crippen LogP contribution in [0.25, 0.3) is 0 Å². The van der Waals surface area contributed by atoms with E-state index in [4.69, 9.17) is 9.47 Å². The number of carbonyl (C=O) groups is 3. The van der Waals surface area contributed by atoms with Gasteiger partial charge in [-0.2, -0.15) is 0 Å². The monoisotopic (exact) mass is 348 g/mol. The summed E-state index contributed by atoms with van der Waals surface area (Å²) in [5, 5.41) is 0. The van der Waals surface area contributed by atoms with Crippen LogP contribution in [0.2, 0.25) is 0 Å². The molecule has 0 amide bonds. The number of ether oxygens (including phenoxy) is 2. The summed E-state index contributed by atoms with van der Waals surface area (Å²) in [5.74, 6) is 3.22. The van der Waals surface area contributed by atoms with Crippen molar-refractivity contribution in [2.75, 3.05) is 13.2 Å². The standard InChI is InChI=1S/C20H28O5/c1-4-24-18(22)20(19(23)25-5-2,15-11-12-16(3)21)17-13-9-7-6-8-10-14-17/h9,13,17H,4-8,10,14-15H2,1-3H3/b13-9-. The summed E-state index contributed by atoms with van der Waals surface area (Å²) in [6, 6.07) is 0. The van der Waals surface area contributed by atoms with Crippen molar-refractivity contribution in [3.63, 3.8) is 0 Å². The molecule has 0 spiro atoms. The zero-order valence-electron chi connectivity index (χ0n) is 15.4. The number of esters is 2. The van der Waals surface area contributed by atoms with Gasteiger partial charge in [0.15, 0.2) is 5.41 Å². The SMILES string of the molecule is CCOC(=O)C(CC#CC(C)=O)(C(=O)OCC)C1/C=C\CCCCC1. The van der Waals surface area contributed by atoms with Crippen molar-refractivity contribution in [2.45, 2.75) is 59.3 Å². The van der Waals surface area contributed by atoms with E-state index in [2.05, 4.69) is 11.8 Å². The van der Waals surface area contributed by atoms with Gasteiger partial charge in [-0.1, -0.05) is 30.9 Å². The van der Waals surface area contributed by atoms with Gasteiger partial charge in [-0.05, 0) is 39.0 Å². The van der Waals surface area contributed by atoms with Crippen LogP contribution in [0.1, 0.15) is 59.3 Å². The topological polar surface area (TPSA) is 69.7 Å². The Bertz CT molecular complexity index is 546. The van der Waals surface area contributed by atoms with Gasteiger partial charge in [-0.25, -0.2) is 0 Å². The Morgan fingerprint density at radius 3 is 2.28 bits per heavy atom. The molecule has 0 bridgehead atoms. The maximum atomic E-state index is 12.8. The van der Waals surface area contributed by atoms with Gasteiger partial charge in [0.25, 0.3) is 0 Å². The first kappa shape index (κ1) is 21.0. The van der Waals surface area contributed by atoms with Crippen molar-refractivity contribution in [3.05, 3.63) is 12.2 Å². The van der Waals surface area contributed by atoms with E-state index in [9.17, 15) is 14.4 Å². The molecule has 1 rings (SSSR count). The number of Topliss-reactive ketones (excluding diaryl/α,β-unsaturated/α-hetero) is 1. The van der Waals surface area contributed by atoms with Crippen LogP contribution < -0.4 is 0 Å². The van der Waals surface area contributed by atoms with Gasteiger partial charge < -0.3 is 9.47 Å². The number of allylic oxidation sites excluding steroid dienone is 2. The molecule has 0 saturated carbocycles. The zero-order chi connectivity index (χ0) is 18.7. The average Bonchev–Trinajstić information content (AvgIpc) is 2.52. The molecule has 1 unspecified atom stereocenters. The Labute approximate surface area is 150 Å². The third-order valence-corrected chi connectivity index (χ3v) is 4.30. The molecule has 1 atom stereocenters. The summed E-state index contributed by atoms with van der Waals surface area (Å²) < 4.78 is 10.5. The molecule has 138 valence electrons. The van der Waals surface area contributed by atoms with Crippen molar-refractivity contribution in [1.29, 1.82) is 0 Å².